The van der Waals surface area contributed by atoms with E-state index >= 15 is 0 Å². The molecule has 21 heavy (non-hydrogen) atoms. The second-order valence-electron chi connectivity index (χ2n) is 5.30. The number of rotatable bonds is 5. The molecule has 0 unspecified atom stereocenters. The van der Waals surface area contributed by atoms with Crippen molar-refractivity contribution in [2.24, 2.45) is 0 Å². The van der Waals surface area contributed by atoms with Crippen molar-refractivity contribution in [3.63, 3.8) is 0 Å². The van der Waals surface area contributed by atoms with Crippen LogP contribution in [0.5, 0.6) is 0 Å². The largest absolute Gasteiger partial charge is 0.384 e. The Bertz CT molecular complexity index is 653. The van der Waals surface area contributed by atoms with Crippen LogP contribution < -0.4 is 10.6 Å². The topological polar surface area (TPSA) is 80.1 Å². The molecule has 2 N–H and O–H groups in total. The van der Waals surface area contributed by atoms with E-state index in [0.29, 0.717) is 11.6 Å². The number of hydrogen-bond donors (Lipinski definition) is 2. The van der Waals surface area contributed by atoms with Crippen LogP contribution in [0.25, 0.3) is 10.9 Å². The van der Waals surface area contributed by atoms with E-state index in [-0.39, 0.29) is 10.6 Å². The Labute approximate surface area is 122 Å². The van der Waals surface area contributed by atoms with Gasteiger partial charge in [-0.2, -0.15) is 0 Å². The molecule has 2 aromatic rings. The van der Waals surface area contributed by atoms with E-state index < -0.39 is 0 Å². The van der Waals surface area contributed by atoms with Gasteiger partial charge in [-0.25, -0.2) is 4.98 Å². The molecular weight excluding hydrogens is 268 g/mol. The van der Waals surface area contributed by atoms with Crippen molar-refractivity contribution in [1.29, 1.82) is 0 Å². The number of pyridine rings is 1. The van der Waals surface area contributed by atoms with Crippen molar-refractivity contribution in [2.75, 3.05) is 18.4 Å². The molecule has 3 rings (SSSR count). The molecule has 6 nitrogen and oxygen atoms in total. The van der Waals surface area contributed by atoms with Gasteiger partial charge in [0.05, 0.1) is 4.92 Å². The second kappa shape index (κ2) is 6.05. The Kier molecular flexibility index (Phi) is 3.96. The Morgan fingerprint density at radius 1 is 1.43 bits per heavy atom. The van der Waals surface area contributed by atoms with Gasteiger partial charge < -0.3 is 10.6 Å². The smallest absolute Gasteiger partial charge is 0.295 e. The third-order valence-electron chi connectivity index (χ3n) is 3.92. The minimum Gasteiger partial charge on any atom is -0.384 e. The fourth-order valence-corrected chi connectivity index (χ4v) is 2.85. The normalized spacial score (nSPS) is 18.0. The highest BCUT2D eigenvalue weighted by molar-refractivity contribution is 5.96. The first kappa shape index (κ1) is 13.8. The molecule has 0 spiro atoms. The molecule has 1 aliphatic heterocycles. The highest BCUT2D eigenvalue weighted by atomic mass is 16.6. The molecule has 1 aromatic heterocycles. The molecule has 6 heteroatoms. The number of hydrogen-bond acceptors (Lipinski definition) is 5. The summed E-state index contributed by atoms with van der Waals surface area (Å²) >= 11 is 0. The number of benzene rings is 1. The van der Waals surface area contributed by atoms with Crippen LogP contribution in [0.3, 0.4) is 0 Å². The number of nitro benzene ring substituents is 1. The molecule has 1 atom stereocenters. The van der Waals surface area contributed by atoms with Crippen molar-refractivity contribution < 1.29 is 4.92 Å². The van der Waals surface area contributed by atoms with Crippen molar-refractivity contribution in [3.05, 3.63) is 40.6 Å². The second-order valence-corrected chi connectivity index (χ2v) is 5.30. The molecule has 1 aliphatic rings. The Balaban J connectivity index is 1.78. The maximum atomic E-state index is 11.1. The summed E-state index contributed by atoms with van der Waals surface area (Å²) in [5.74, 6) is 0. The molecule has 1 aromatic carbocycles. The molecule has 1 saturated heterocycles. The summed E-state index contributed by atoms with van der Waals surface area (Å²) in [7, 11) is 0. The number of anilines is 1. The predicted octanol–water partition coefficient (Wildman–Crippen LogP) is 2.70. The van der Waals surface area contributed by atoms with Crippen LogP contribution in [-0.2, 0) is 0 Å². The van der Waals surface area contributed by atoms with Gasteiger partial charge in [-0.05, 0) is 31.9 Å². The lowest BCUT2D eigenvalue weighted by atomic mass is 10.1. The van der Waals surface area contributed by atoms with Crippen molar-refractivity contribution in [1.82, 2.24) is 10.3 Å². The van der Waals surface area contributed by atoms with Gasteiger partial charge in [-0.15, -0.1) is 0 Å². The van der Waals surface area contributed by atoms with E-state index in [1.165, 1.54) is 18.9 Å². The summed E-state index contributed by atoms with van der Waals surface area (Å²) in [6.07, 6.45) is 5.14. The zero-order valence-corrected chi connectivity index (χ0v) is 11.7. The van der Waals surface area contributed by atoms with E-state index in [1.807, 2.05) is 12.1 Å². The van der Waals surface area contributed by atoms with Crippen LogP contribution >= 0.6 is 0 Å². The minimum atomic E-state index is -0.387. The summed E-state index contributed by atoms with van der Waals surface area (Å²) < 4.78 is 0. The van der Waals surface area contributed by atoms with E-state index in [1.54, 1.807) is 12.3 Å². The lowest BCUT2D eigenvalue weighted by molar-refractivity contribution is -0.383. The lowest BCUT2D eigenvalue weighted by Gasteiger charge is -2.13. The Hall–Kier alpha value is -2.21. The van der Waals surface area contributed by atoms with E-state index in [2.05, 4.69) is 15.6 Å². The SMILES string of the molecule is O=[N+]([O-])c1cccc2c(NCC[C@@H]3CCCN3)ccnc12. The van der Waals surface area contributed by atoms with Crippen LogP contribution in [0.15, 0.2) is 30.5 Å². The first-order chi connectivity index (χ1) is 10.3. The first-order valence-corrected chi connectivity index (χ1v) is 7.25. The van der Waals surface area contributed by atoms with E-state index in [0.717, 1.165) is 30.6 Å². The summed E-state index contributed by atoms with van der Waals surface area (Å²) in [5.41, 5.74) is 1.39. The Morgan fingerprint density at radius 2 is 2.33 bits per heavy atom. The molecule has 1 fully saturated rings. The van der Waals surface area contributed by atoms with Crippen LogP contribution in [0.4, 0.5) is 11.4 Å². The van der Waals surface area contributed by atoms with Gasteiger partial charge in [0.2, 0.25) is 0 Å². The van der Waals surface area contributed by atoms with Crippen LogP contribution in [-0.4, -0.2) is 29.0 Å². The average Bonchev–Trinajstić information content (AvgIpc) is 3.00. The molecular formula is C15H18N4O2. The summed E-state index contributed by atoms with van der Waals surface area (Å²) in [5, 5.41) is 18.7. The van der Waals surface area contributed by atoms with Gasteiger partial charge in [0.25, 0.3) is 5.69 Å². The number of non-ortho nitro benzene ring substituents is 1. The molecule has 2 heterocycles. The van der Waals surface area contributed by atoms with Crippen LogP contribution in [0, 0.1) is 10.1 Å². The fourth-order valence-electron chi connectivity index (χ4n) is 2.85. The maximum Gasteiger partial charge on any atom is 0.295 e. The third kappa shape index (κ3) is 2.95. The summed E-state index contributed by atoms with van der Waals surface area (Å²) in [6.45, 7) is 1.95. The van der Waals surface area contributed by atoms with Crippen molar-refractivity contribution >= 4 is 22.3 Å². The van der Waals surface area contributed by atoms with Crippen molar-refractivity contribution in [3.8, 4) is 0 Å². The molecule has 0 bridgehead atoms. The highest BCUT2D eigenvalue weighted by Crippen LogP contribution is 2.28. The third-order valence-corrected chi connectivity index (χ3v) is 3.92. The summed E-state index contributed by atoms with van der Waals surface area (Å²) in [6, 6.07) is 7.51. The number of nitro groups is 1. The highest BCUT2D eigenvalue weighted by Gasteiger charge is 2.15. The lowest BCUT2D eigenvalue weighted by Crippen LogP contribution is -2.24. The molecule has 0 amide bonds. The molecule has 110 valence electrons. The van der Waals surface area contributed by atoms with Crippen molar-refractivity contribution in [2.45, 2.75) is 25.3 Å². The fraction of sp³-hybridized carbons (Fsp3) is 0.400. The molecule has 0 aliphatic carbocycles. The Morgan fingerprint density at radius 3 is 3.10 bits per heavy atom. The average molecular weight is 286 g/mol. The van der Waals surface area contributed by atoms with E-state index in [9.17, 15) is 10.1 Å². The number of nitrogens with one attached hydrogen (secondary N) is 2. The first-order valence-electron chi connectivity index (χ1n) is 7.25. The van der Waals surface area contributed by atoms with Crippen LogP contribution in [0.2, 0.25) is 0 Å². The maximum absolute atomic E-state index is 11.1. The van der Waals surface area contributed by atoms with Gasteiger partial charge in [0.15, 0.2) is 0 Å². The van der Waals surface area contributed by atoms with Gasteiger partial charge in [0, 0.05) is 35.9 Å². The zero-order valence-electron chi connectivity index (χ0n) is 11.7. The summed E-state index contributed by atoms with van der Waals surface area (Å²) in [4.78, 5) is 14.8. The number of para-hydroxylation sites is 1. The zero-order chi connectivity index (χ0) is 14.7. The number of nitrogens with zero attached hydrogens (tertiary/aromatic N) is 2. The standard InChI is InChI=1S/C15H18N4O2/c20-19(21)14-5-1-4-12-13(7-10-18-15(12)14)17-9-6-11-3-2-8-16-11/h1,4-5,7,10-11,16H,2-3,6,8-9H2,(H,17,18)/t11-/m0/s1. The monoisotopic (exact) mass is 286 g/mol. The van der Waals surface area contributed by atoms with E-state index in [4.69, 9.17) is 0 Å². The predicted molar refractivity (Wildman–Crippen MR) is 82.5 cm³/mol. The molecule has 0 saturated carbocycles. The number of fused-ring (bicyclic) bond motifs is 1. The quantitative estimate of drug-likeness (QED) is 0.652. The number of aromatic nitrogens is 1. The minimum absolute atomic E-state index is 0.0496. The van der Waals surface area contributed by atoms with Gasteiger partial charge in [-0.3, -0.25) is 10.1 Å². The molecule has 0 radical (unpaired) electrons. The van der Waals surface area contributed by atoms with Gasteiger partial charge >= 0.3 is 0 Å². The van der Waals surface area contributed by atoms with Gasteiger partial charge in [0.1, 0.15) is 5.52 Å². The van der Waals surface area contributed by atoms with Crippen LogP contribution in [0.1, 0.15) is 19.3 Å². The van der Waals surface area contributed by atoms with Gasteiger partial charge in [-0.1, -0.05) is 12.1 Å².